The molecule has 0 aliphatic heterocycles. The van der Waals surface area contributed by atoms with Gasteiger partial charge in [0.2, 0.25) is 0 Å². The van der Waals surface area contributed by atoms with Gasteiger partial charge in [-0.05, 0) is 40.5 Å². The second kappa shape index (κ2) is 10.7. The van der Waals surface area contributed by atoms with E-state index in [0.29, 0.717) is 5.54 Å². The van der Waals surface area contributed by atoms with Gasteiger partial charge in [0.05, 0.1) is 0 Å². The summed E-state index contributed by atoms with van der Waals surface area (Å²) in [7, 11) is 0. The fraction of sp³-hybridized carbons (Fsp3) is 1.00. The van der Waals surface area contributed by atoms with Crippen molar-refractivity contribution in [1.29, 1.82) is 0 Å². The lowest BCUT2D eigenvalue weighted by Gasteiger charge is -2.38. The van der Waals surface area contributed by atoms with Crippen LogP contribution in [0.2, 0.25) is 0 Å². The molecule has 1 unspecified atom stereocenters. The number of hydrogen-bond donors (Lipinski definition) is 1. The van der Waals surface area contributed by atoms with Crippen LogP contribution < -0.4 is 5.32 Å². The highest BCUT2D eigenvalue weighted by molar-refractivity contribution is 4.89. The van der Waals surface area contributed by atoms with E-state index < -0.39 is 0 Å². The molecule has 1 heteroatoms. The molecule has 0 saturated carbocycles. The fourth-order valence-corrected chi connectivity index (χ4v) is 3.22. The van der Waals surface area contributed by atoms with Crippen molar-refractivity contribution >= 4 is 0 Å². The topological polar surface area (TPSA) is 12.0 Å². The van der Waals surface area contributed by atoms with Gasteiger partial charge in [0.15, 0.2) is 0 Å². The second-order valence-electron chi connectivity index (χ2n) is 7.91. The van der Waals surface area contributed by atoms with E-state index >= 15 is 0 Å². The van der Waals surface area contributed by atoms with Crippen molar-refractivity contribution in [3.05, 3.63) is 0 Å². The van der Waals surface area contributed by atoms with Gasteiger partial charge in [-0.25, -0.2) is 0 Å². The first kappa shape index (κ1) is 20.0. The number of nitrogens with one attached hydrogen (secondary N) is 1. The van der Waals surface area contributed by atoms with Gasteiger partial charge in [-0.3, -0.25) is 0 Å². The predicted octanol–water partition coefficient (Wildman–Crippen LogP) is 6.46. The zero-order valence-corrected chi connectivity index (χ0v) is 15.3. The van der Waals surface area contributed by atoms with Crippen molar-refractivity contribution in [3.63, 3.8) is 0 Å². The first-order valence-corrected chi connectivity index (χ1v) is 9.12. The molecule has 0 fully saturated rings. The Hall–Kier alpha value is -0.0400. The minimum absolute atomic E-state index is 0.225. The van der Waals surface area contributed by atoms with Gasteiger partial charge in [0.25, 0.3) is 0 Å². The van der Waals surface area contributed by atoms with Crippen LogP contribution >= 0.6 is 0 Å². The van der Waals surface area contributed by atoms with Gasteiger partial charge < -0.3 is 5.32 Å². The molecule has 1 atom stereocenters. The highest BCUT2D eigenvalue weighted by Crippen LogP contribution is 2.25. The molecule has 0 rings (SSSR count). The molecule has 0 aromatic carbocycles. The third-order valence-electron chi connectivity index (χ3n) is 4.09. The van der Waals surface area contributed by atoms with Gasteiger partial charge >= 0.3 is 0 Å². The Morgan fingerprint density at radius 2 is 1.00 bits per heavy atom. The summed E-state index contributed by atoms with van der Waals surface area (Å²) in [6, 6.07) is 0. The van der Waals surface area contributed by atoms with Crippen molar-refractivity contribution < 1.29 is 0 Å². The van der Waals surface area contributed by atoms with Gasteiger partial charge in [-0.15, -0.1) is 0 Å². The highest BCUT2D eigenvalue weighted by atomic mass is 15.0. The van der Waals surface area contributed by atoms with E-state index in [-0.39, 0.29) is 5.54 Å². The summed E-state index contributed by atoms with van der Waals surface area (Å²) in [4.78, 5) is 0. The number of unbranched alkanes of at least 4 members (excludes halogenated alkanes) is 7. The molecular formula is C19H41N. The van der Waals surface area contributed by atoms with E-state index in [4.69, 9.17) is 0 Å². The van der Waals surface area contributed by atoms with Crippen LogP contribution in [0.25, 0.3) is 0 Å². The van der Waals surface area contributed by atoms with Crippen LogP contribution in [0.5, 0.6) is 0 Å². The largest absolute Gasteiger partial charge is 0.307 e. The van der Waals surface area contributed by atoms with E-state index in [1.807, 2.05) is 0 Å². The Labute approximate surface area is 129 Å². The van der Waals surface area contributed by atoms with Crippen LogP contribution in [-0.4, -0.2) is 11.1 Å². The first-order chi connectivity index (χ1) is 9.33. The van der Waals surface area contributed by atoms with Crippen molar-refractivity contribution in [1.82, 2.24) is 5.32 Å². The molecule has 0 saturated heterocycles. The molecule has 0 radical (unpaired) electrons. The summed E-state index contributed by atoms with van der Waals surface area (Å²) in [5, 5.41) is 3.90. The quantitative estimate of drug-likeness (QED) is 0.405. The molecule has 0 aromatic heterocycles. The van der Waals surface area contributed by atoms with Crippen LogP contribution in [0.4, 0.5) is 0 Å². The Kier molecular flexibility index (Phi) is 10.6. The van der Waals surface area contributed by atoms with Crippen LogP contribution in [0.3, 0.4) is 0 Å². The Balaban J connectivity index is 4.16. The highest BCUT2D eigenvalue weighted by Gasteiger charge is 2.27. The van der Waals surface area contributed by atoms with E-state index in [2.05, 4.69) is 46.9 Å². The third-order valence-corrected chi connectivity index (χ3v) is 4.09. The predicted molar refractivity (Wildman–Crippen MR) is 93.4 cm³/mol. The maximum Gasteiger partial charge on any atom is 0.0158 e. The summed E-state index contributed by atoms with van der Waals surface area (Å²) in [6.07, 6.45) is 15.1. The summed E-state index contributed by atoms with van der Waals surface area (Å²) >= 11 is 0. The van der Waals surface area contributed by atoms with E-state index in [1.54, 1.807) is 0 Å². The van der Waals surface area contributed by atoms with Crippen LogP contribution in [0, 0.1) is 0 Å². The van der Waals surface area contributed by atoms with Crippen LogP contribution in [0.15, 0.2) is 0 Å². The number of rotatable bonds is 12. The summed E-state index contributed by atoms with van der Waals surface area (Å²) in [5.74, 6) is 0. The Morgan fingerprint density at radius 3 is 1.40 bits per heavy atom. The van der Waals surface area contributed by atoms with Crippen molar-refractivity contribution in [3.8, 4) is 0 Å². The Bertz CT molecular complexity index is 216. The molecule has 1 nitrogen and oxygen atoms in total. The number of hydrogen-bond acceptors (Lipinski definition) is 1. The normalized spacial score (nSPS) is 15.3. The lowest BCUT2D eigenvalue weighted by atomic mass is 9.85. The molecule has 0 bridgehead atoms. The molecule has 122 valence electrons. The minimum atomic E-state index is 0.225. The van der Waals surface area contributed by atoms with Crippen molar-refractivity contribution in [2.45, 2.75) is 123 Å². The molecule has 20 heavy (non-hydrogen) atoms. The second-order valence-corrected chi connectivity index (χ2v) is 7.91. The molecular weight excluding hydrogens is 242 g/mol. The molecule has 1 N–H and O–H groups in total. The van der Waals surface area contributed by atoms with E-state index in [1.165, 1.54) is 70.6 Å². The average Bonchev–Trinajstić information content (AvgIpc) is 2.32. The van der Waals surface area contributed by atoms with Gasteiger partial charge in [0, 0.05) is 11.1 Å². The minimum Gasteiger partial charge on any atom is -0.307 e. The van der Waals surface area contributed by atoms with Crippen molar-refractivity contribution in [2.75, 3.05) is 0 Å². The van der Waals surface area contributed by atoms with Gasteiger partial charge in [-0.2, -0.15) is 0 Å². The Morgan fingerprint density at radius 1 is 0.600 bits per heavy atom. The summed E-state index contributed by atoms with van der Waals surface area (Å²) in [5.41, 5.74) is 0.557. The molecule has 0 heterocycles. The first-order valence-electron chi connectivity index (χ1n) is 9.12. The van der Waals surface area contributed by atoms with Crippen molar-refractivity contribution in [2.24, 2.45) is 0 Å². The van der Waals surface area contributed by atoms with Gasteiger partial charge in [-0.1, -0.05) is 71.6 Å². The van der Waals surface area contributed by atoms with E-state index in [0.717, 1.165) is 0 Å². The third kappa shape index (κ3) is 11.8. The fourth-order valence-electron chi connectivity index (χ4n) is 3.22. The maximum atomic E-state index is 3.90. The summed E-state index contributed by atoms with van der Waals surface area (Å²) in [6.45, 7) is 13.9. The van der Waals surface area contributed by atoms with Crippen LogP contribution in [-0.2, 0) is 0 Å². The maximum absolute atomic E-state index is 3.90. The lowest BCUT2D eigenvalue weighted by Crippen LogP contribution is -2.52. The van der Waals surface area contributed by atoms with E-state index in [9.17, 15) is 0 Å². The molecule has 0 amide bonds. The molecule has 0 aliphatic carbocycles. The van der Waals surface area contributed by atoms with Crippen LogP contribution in [0.1, 0.15) is 112 Å². The SMILES string of the molecule is CCCCCCCC(C)(CCCCCC)NC(C)(C)C. The monoisotopic (exact) mass is 283 g/mol. The average molecular weight is 284 g/mol. The molecule has 0 aliphatic rings. The lowest BCUT2D eigenvalue weighted by molar-refractivity contribution is 0.221. The zero-order chi connectivity index (χ0) is 15.5. The van der Waals surface area contributed by atoms with Gasteiger partial charge in [0.1, 0.15) is 0 Å². The smallest absolute Gasteiger partial charge is 0.0158 e. The standard InChI is InChI=1S/C19H41N/c1-7-9-11-13-15-17-19(6,20-18(3,4)5)16-14-12-10-8-2/h20H,7-17H2,1-6H3. The zero-order valence-electron chi connectivity index (χ0n) is 15.3. The summed E-state index contributed by atoms with van der Waals surface area (Å²) < 4.78 is 0. The molecule has 0 spiro atoms. The molecule has 0 aromatic rings.